The summed E-state index contributed by atoms with van der Waals surface area (Å²) in [6, 6.07) is 12.5. The average Bonchev–Trinajstić information content (AvgIpc) is 3.19. The normalized spacial score (nSPS) is 15.9. The number of hydrogen-bond donors (Lipinski definition) is 1. The largest absolute Gasteiger partial charge is 0.361 e. The summed E-state index contributed by atoms with van der Waals surface area (Å²) in [5.74, 6) is 0.607. The van der Waals surface area contributed by atoms with Crippen LogP contribution in [0.2, 0.25) is 0 Å². The molecule has 5 heteroatoms. The summed E-state index contributed by atoms with van der Waals surface area (Å²) < 4.78 is 1.70. The zero-order valence-electron chi connectivity index (χ0n) is 17.7. The van der Waals surface area contributed by atoms with Gasteiger partial charge in [0.2, 0.25) is 0 Å². The van der Waals surface area contributed by atoms with E-state index in [1.165, 1.54) is 16.5 Å². The Morgan fingerprint density at radius 1 is 1.10 bits per heavy atom. The van der Waals surface area contributed by atoms with E-state index in [1.807, 2.05) is 32.2 Å². The highest BCUT2D eigenvalue weighted by Crippen LogP contribution is 2.33. The van der Waals surface area contributed by atoms with Crippen molar-refractivity contribution in [1.82, 2.24) is 19.3 Å². The van der Waals surface area contributed by atoms with Gasteiger partial charge in [0.05, 0.1) is 0 Å². The number of benzene rings is 1. The van der Waals surface area contributed by atoms with E-state index >= 15 is 0 Å². The maximum atomic E-state index is 13.0. The Balaban J connectivity index is 1.27. The fraction of sp³-hybridized carbons (Fsp3) is 0.360. The molecular formula is C25H28N4O. The first-order chi connectivity index (χ1) is 14.6. The first-order valence-electron chi connectivity index (χ1n) is 10.9. The summed E-state index contributed by atoms with van der Waals surface area (Å²) in [5, 5.41) is 1.36. The van der Waals surface area contributed by atoms with E-state index in [0.29, 0.717) is 5.92 Å². The van der Waals surface area contributed by atoms with Crippen LogP contribution in [0, 0.1) is 13.8 Å². The number of pyridine rings is 1. The Kier molecular flexibility index (Phi) is 4.91. The molecule has 1 aromatic carbocycles. The van der Waals surface area contributed by atoms with Crippen molar-refractivity contribution in [2.75, 3.05) is 19.6 Å². The predicted molar refractivity (Wildman–Crippen MR) is 121 cm³/mol. The average molecular weight is 401 g/mol. The zero-order chi connectivity index (χ0) is 20.7. The van der Waals surface area contributed by atoms with Crippen LogP contribution < -0.4 is 5.56 Å². The van der Waals surface area contributed by atoms with E-state index in [4.69, 9.17) is 0 Å². The smallest absolute Gasteiger partial charge is 0.261 e. The predicted octanol–water partition coefficient (Wildman–Crippen LogP) is 4.21. The molecule has 3 aromatic heterocycles. The van der Waals surface area contributed by atoms with Crippen LogP contribution in [-0.4, -0.2) is 38.9 Å². The second kappa shape index (κ2) is 7.73. The number of aromatic amines is 1. The van der Waals surface area contributed by atoms with Crippen LogP contribution in [0.1, 0.15) is 41.1 Å². The zero-order valence-corrected chi connectivity index (χ0v) is 17.7. The topological polar surface area (TPSA) is 53.4 Å². The van der Waals surface area contributed by atoms with E-state index in [1.54, 1.807) is 4.40 Å². The number of aryl methyl sites for hydroxylation is 2. The first kappa shape index (κ1) is 19.1. The van der Waals surface area contributed by atoms with Crippen molar-refractivity contribution in [2.24, 2.45) is 0 Å². The van der Waals surface area contributed by atoms with Gasteiger partial charge in [0.15, 0.2) is 0 Å². The van der Waals surface area contributed by atoms with E-state index in [9.17, 15) is 4.79 Å². The summed E-state index contributed by atoms with van der Waals surface area (Å²) in [5.41, 5.74) is 6.26. The van der Waals surface area contributed by atoms with Crippen LogP contribution in [-0.2, 0) is 6.42 Å². The molecule has 154 valence electrons. The van der Waals surface area contributed by atoms with Gasteiger partial charge in [0, 0.05) is 41.1 Å². The van der Waals surface area contributed by atoms with Crippen molar-refractivity contribution in [3.63, 3.8) is 0 Å². The molecule has 0 saturated carbocycles. The van der Waals surface area contributed by atoms with E-state index in [-0.39, 0.29) is 5.56 Å². The molecule has 1 aliphatic rings. The minimum Gasteiger partial charge on any atom is -0.361 e. The summed E-state index contributed by atoms with van der Waals surface area (Å²) in [6.45, 7) is 7.02. The number of hydrogen-bond acceptors (Lipinski definition) is 3. The van der Waals surface area contributed by atoms with E-state index in [2.05, 4.69) is 45.3 Å². The van der Waals surface area contributed by atoms with Crippen molar-refractivity contribution in [3.05, 3.63) is 81.5 Å². The lowest BCUT2D eigenvalue weighted by atomic mass is 9.89. The second-order valence-electron chi connectivity index (χ2n) is 8.57. The maximum absolute atomic E-state index is 13.0. The van der Waals surface area contributed by atoms with Gasteiger partial charge in [0.25, 0.3) is 5.56 Å². The summed E-state index contributed by atoms with van der Waals surface area (Å²) in [6.07, 6.45) is 7.16. The van der Waals surface area contributed by atoms with Crippen LogP contribution in [0.25, 0.3) is 16.6 Å². The third-order valence-electron chi connectivity index (χ3n) is 6.60. The summed E-state index contributed by atoms with van der Waals surface area (Å²) in [4.78, 5) is 23.6. The van der Waals surface area contributed by atoms with Gasteiger partial charge in [-0.15, -0.1) is 0 Å². The Morgan fingerprint density at radius 2 is 1.90 bits per heavy atom. The lowest BCUT2D eigenvalue weighted by Crippen LogP contribution is -2.35. The van der Waals surface area contributed by atoms with E-state index < -0.39 is 0 Å². The minimum atomic E-state index is 0.0786. The molecule has 0 atom stereocenters. The quantitative estimate of drug-likeness (QED) is 0.558. The molecule has 0 radical (unpaired) electrons. The Morgan fingerprint density at radius 3 is 2.73 bits per heavy atom. The maximum Gasteiger partial charge on any atom is 0.261 e. The van der Waals surface area contributed by atoms with Crippen LogP contribution in [0.5, 0.6) is 0 Å². The van der Waals surface area contributed by atoms with Gasteiger partial charge in [0.1, 0.15) is 5.65 Å². The summed E-state index contributed by atoms with van der Waals surface area (Å²) >= 11 is 0. The Bertz CT molecular complexity index is 1260. The number of aromatic nitrogens is 3. The molecule has 0 aliphatic carbocycles. The molecule has 4 heterocycles. The third-order valence-corrected chi connectivity index (χ3v) is 6.60. The number of H-pyrrole nitrogens is 1. The summed E-state index contributed by atoms with van der Waals surface area (Å²) in [7, 11) is 0. The van der Waals surface area contributed by atoms with Gasteiger partial charge in [-0.25, -0.2) is 4.98 Å². The van der Waals surface area contributed by atoms with Crippen molar-refractivity contribution < 1.29 is 0 Å². The molecule has 1 saturated heterocycles. The molecule has 0 amide bonds. The van der Waals surface area contributed by atoms with Crippen molar-refractivity contribution in [1.29, 1.82) is 0 Å². The molecule has 1 N–H and O–H groups in total. The Labute approximate surface area is 176 Å². The number of nitrogens with one attached hydrogen (secondary N) is 1. The van der Waals surface area contributed by atoms with Crippen LogP contribution >= 0.6 is 0 Å². The molecular weight excluding hydrogens is 372 g/mol. The van der Waals surface area contributed by atoms with Crippen molar-refractivity contribution in [2.45, 2.75) is 39.0 Å². The number of likely N-dealkylation sites (tertiary alicyclic amines) is 1. The molecule has 30 heavy (non-hydrogen) atoms. The molecule has 5 nitrogen and oxygen atoms in total. The van der Waals surface area contributed by atoms with Crippen molar-refractivity contribution >= 4 is 16.6 Å². The number of fused-ring (bicyclic) bond motifs is 2. The Hall–Kier alpha value is -2.92. The molecule has 1 aliphatic heterocycles. The van der Waals surface area contributed by atoms with Gasteiger partial charge in [-0.3, -0.25) is 9.20 Å². The monoisotopic (exact) mass is 400 g/mol. The highest BCUT2D eigenvalue weighted by Gasteiger charge is 2.23. The fourth-order valence-electron chi connectivity index (χ4n) is 4.85. The van der Waals surface area contributed by atoms with Crippen LogP contribution in [0.15, 0.2) is 53.6 Å². The lowest BCUT2D eigenvalue weighted by molar-refractivity contribution is 0.215. The van der Waals surface area contributed by atoms with Gasteiger partial charge >= 0.3 is 0 Å². The molecule has 0 unspecified atom stereocenters. The van der Waals surface area contributed by atoms with Gasteiger partial charge in [-0.1, -0.05) is 24.3 Å². The number of para-hydroxylation sites is 1. The number of piperidine rings is 1. The van der Waals surface area contributed by atoms with Gasteiger partial charge in [-0.05, 0) is 75.4 Å². The SMILES string of the molecule is Cc1ccc2nc(C)c(CCN3CCC(c4c[nH]c5ccccc45)CC3)c(=O)n2c1. The number of nitrogens with zero attached hydrogens (tertiary/aromatic N) is 3. The van der Waals surface area contributed by atoms with Gasteiger partial charge < -0.3 is 9.88 Å². The van der Waals surface area contributed by atoms with Crippen LogP contribution in [0.3, 0.4) is 0 Å². The molecule has 5 rings (SSSR count). The fourth-order valence-corrected chi connectivity index (χ4v) is 4.85. The van der Waals surface area contributed by atoms with E-state index in [0.717, 1.165) is 61.4 Å². The van der Waals surface area contributed by atoms with Gasteiger partial charge in [-0.2, -0.15) is 0 Å². The molecule has 0 spiro atoms. The standard InChI is InChI=1S/C25H28N4O/c1-17-7-8-24-27-18(2)20(25(30)29(24)16-17)11-14-28-12-9-19(10-13-28)22-15-26-23-6-4-3-5-21(22)23/h3-8,15-16,19,26H,9-14H2,1-2H3. The van der Waals surface area contributed by atoms with Crippen molar-refractivity contribution in [3.8, 4) is 0 Å². The van der Waals surface area contributed by atoms with Crippen LogP contribution in [0.4, 0.5) is 0 Å². The minimum absolute atomic E-state index is 0.0786. The molecule has 0 bridgehead atoms. The third kappa shape index (κ3) is 3.43. The highest BCUT2D eigenvalue weighted by molar-refractivity contribution is 5.83. The molecule has 4 aromatic rings. The second-order valence-corrected chi connectivity index (χ2v) is 8.57. The highest BCUT2D eigenvalue weighted by atomic mass is 16.1. The number of rotatable bonds is 4. The molecule has 1 fully saturated rings. The first-order valence-corrected chi connectivity index (χ1v) is 10.9. The lowest BCUT2D eigenvalue weighted by Gasteiger charge is -2.32.